The van der Waals surface area contributed by atoms with Gasteiger partial charge in [-0.3, -0.25) is 4.98 Å². The molecule has 2 aromatic rings. The number of methoxy groups -OCH3 is 1. The standard InChI is InChI=1S/C12H15N5O/c1-8-6-14-4-3-9(8)7-15-10-5-11(18-2)17-12(13)16-10/h3-6H,7H2,1-2H3,(H3,13,15,16,17). The van der Waals surface area contributed by atoms with Crippen molar-refractivity contribution < 1.29 is 4.74 Å². The lowest BCUT2D eigenvalue weighted by Crippen LogP contribution is -2.06. The Labute approximate surface area is 105 Å². The van der Waals surface area contributed by atoms with Crippen molar-refractivity contribution in [3.8, 4) is 5.88 Å². The lowest BCUT2D eigenvalue weighted by molar-refractivity contribution is 0.398. The van der Waals surface area contributed by atoms with Gasteiger partial charge in [0.1, 0.15) is 5.82 Å². The Kier molecular flexibility index (Phi) is 3.57. The highest BCUT2D eigenvalue weighted by molar-refractivity contribution is 5.43. The largest absolute Gasteiger partial charge is 0.481 e. The molecule has 0 saturated heterocycles. The number of pyridine rings is 1. The fraction of sp³-hybridized carbons (Fsp3) is 0.250. The van der Waals surface area contributed by atoms with Gasteiger partial charge >= 0.3 is 0 Å². The van der Waals surface area contributed by atoms with Crippen molar-refractivity contribution in [3.05, 3.63) is 35.7 Å². The van der Waals surface area contributed by atoms with E-state index in [4.69, 9.17) is 10.5 Å². The van der Waals surface area contributed by atoms with E-state index in [9.17, 15) is 0 Å². The minimum Gasteiger partial charge on any atom is -0.481 e. The Morgan fingerprint density at radius 3 is 2.94 bits per heavy atom. The molecule has 2 rings (SSSR count). The van der Waals surface area contributed by atoms with Gasteiger partial charge in [0.05, 0.1) is 7.11 Å². The number of anilines is 2. The van der Waals surface area contributed by atoms with Crippen LogP contribution in [0, 0.1) is 6.92 Å². The van der Waals surface area contributed by atoms with Crippen LogP contribution in [-0.4, -0.2) is 22.1 Å². The zero-order valence-corrected chi connectivity index (χ0v) is 10.3. The molecule has 0 aliphatic carbocycles. The van der Waals surface area contributed by atoms with Crippen LogP contribution in [0.15, 0.2) is 24.5 Å². The lowest BCUT2D eigenvalue weighted by Gasteiger charge is -2.09. The van der Waals surface area contributed by atoms with Gasteiger partial charge in [0.2, 0.25) is 11.8 Å². The van der Waals surface area contributed by atoms with E-state index in [0.29, 0.717) is 18.2 Å². The number of aryl methyl sites for hydroxylation is 1. The van der Waals surface area contributed by atoms with Crippen LogP contribution < -0.4 is 15.8 Å². The minimum absolute atomic E-state index is 0.184. The van der Waals surface area contributed by atoms with Crippen LogP contribution in [0.3, 0.4) is 0 Å². The molecule has 0 aromatic carbocycles. The molecule has 0 amide bonds. The second kappa shape index (κ2) is 5.31. The third-order valence-corrected chi connectivity index (χ3v) is 2.53. The SMILES string of the molecule is COc1cc(NCc2ccncc2C)nc(N)n1. The van der Waals surface area contributed by atoms with Gasteiger partial charge in [0.15, 0.2) is 0 Å². The van der Waals surface area contributed by atoms with E-state index in [1.807, 2.05) is 19.2 Å². The van der Waals surface area contributed by atoms with Crippen molar-refractivity contribution >= 4 is 11.8 Å². The van der Waals surface area contributed by atoms with E-state index in [1.54, 1.807) is 19.4 Å². The molecule has 94 valence electrons. The summed E-state index contributed by atoms with van der Waals surface area (Å²) in [5, 5.41) is 3.18. The van der Waals surface area contributed by atoms with Crippen LogP contribution >= 0.6 is 0 Å². The van der Waals surface area contributed by atoms with Gasteiger partial charge < -0.3 is 15.8 Å². The van der Waals surface area contributed by atoms with Crippen LogP contribution in [0.1, 0.15) is 11.1 Å². The quantitative estimate of drug-likeness (QED) is 0.846. The number of nitrogens with one attached hydrogen (secondary N) is 1. The first-order valence-electron chi connectivity index (χ1n) is 5.51. The molecular weight excluding hydrogens is 230 g/mol. The van der Waals surface area contributed by atoms with Crippen molar-refractivity contribution in [3.63, 3.8) is 0 Å². The summed E-state index contributed by atoms with van der Waals surface area (Å²) in [6, 6.07) is 3.66. The van der Waals surface area contributed by atoms with E-state index < -0.39 is 0 Å². The van der Waals surface area contributed by atoms with E-state index in [2.05, 4.69) is 20.3 Å². The zero-order chi connectivity index (χ0) is 13.0. The predicted octanol–water partition coefficient (Wildman–Crippen LogP) is 1.38. The fourth-order valence-electron chi connectivity index (χ4n) is 1.52. The number of nitrogen functional groups attached to an aromatic ring is 1. The molecule has 0 aliphatic heterocycles. The maximum atomic E-state index is 5.58. The highest BCUT2D eigenvalue weighted by Gasteiger charge is 2.03. The third-order valence-electron chi connectivity index (χ3n) is 2.53. The number of nitrogens with two attached hydrogens (primary N) is 1. The molecule has 0 atom stereocenters. The summed E-state index contributed by atoms with van der Waals surface area (Å²) in [7, 11) is 1.54. The highest BCUT2D eigenvalue weighted by atomic mass is 16.5. The van der Waals surface area contributed by atoms with Gasteiger partial charge in [-0.05, 0) is 24.1 Å². The minimum atomic E-state index is 0.184. The predicted molar refractivity (Wildman–Crippen MR) is 69.3 cm³/mol. The van der Waals surface area contributed by atoms with Crippen LogP contribution in [0.25, 0.3) is 0 Å². The molecule has 0 saturated carbocycles. The molecule has 3 N–H and O–H groups in total. The van der Waals surface area contributed by atoms with Crippen molar-refractivity contribution in [1.82, 2.24) is 15.0 Å². The molecule has 0 radical (unpaired) electrons. The maximum Gasteiger partial charge on any atom is 0.225 e. The van der Waals surface area contributed by atoms with Crippen LogP contribution in [0.5, 0.6) is 5.88 Å². The molecule has 2 aromatic heterocycles. The molecule has 0 unspecified atom stereocenters. The molecule has 2 heterocycles. The number of nitrogens with zero attached hydrogens (tertiary/aromatic N) is 3. The number of hydrogen-bond donors (Lipinski definition) is 2. The van der Waals surface area contributed by atoms with Crippen molar-refractivity contribution in [2.24, 2.45) is 0 Å². The molecule has 0 aliphatic rings. The third kappa shape index (κ3) is 2.85. The molecule has 0 bridgehead atoms. The van der Waals surface area contributed by atoms with Gasteiger partial charge in [-0.25, -0.2) is 0 Å². The molecule has 0 spiro atoms. The Hall–Kier alpha value is -2.37. The van der Waals surface area contributed by atoms with Gasteiger partial charge in [0.25, 0.3) is 0 Å². The lowest BCUT2D eigenvalue weighted by atomic mass is 10.1. The summed E-state index contributed by atoms with van der Waals surface area (Å²) in [5.41, 5.74) is 7.86. The Morgan fingerprint density at radius 2 is 2.22 bits per heavy atom. The summed E-state index contributed by atoms with van der Waals surface area (Å²) < 4.78 is 5.03. The van der Waals surface area contributed by atoms with Gasteiger partial charge in [-0.15, -0.1) is 0 Å². The maximum absolute atomic E-state index is 5.58. The van der Waals surface area contributed by atoms with Crippen LogP contribution in [-0.2, 0) is 6.54 Å². The summed E-state index contributed by atoms with van der Waals surface area (Å²) in [4.78, 5) is 12.1. The average molecular weight is 245 g/mol. The van der Waals surface area contributed by atoms with Crippen LogP contribution in [0.4, 0.5) is 11.8 Å². The number of aromatic nitrogens is 3. The molecule has 0 fully saturated rings. The van der Waals surface area contributed by atoms with Gasteiger partial charge in [0, 0.05) is 25.0 Å². The first-order chi connectivity index (χ1) is 8.69. The first kappa shape index (κ1) is 12.1. The Morgan fingerprint density at radius 1 is 1.39 bits per heavy atom. The Balaban J connectivity index is 2.11. The second-order valence-corrected chi connectivity index (χ2v) is 3.81. The van der Waals surface area contributed by atoms with Crippen molar-refractivity contribution in [2.45, 2.75) is 13.5 Å². The molecule has 6 nitrogen and oxygen atoms in total. The zero-order valence-electron chi connectivity index (χ0n) is 10.3. The number of hydrogen-bond acceptors (Lipinski definition) is 6. The van der Waals surface area contributed by atoms with Gasteiger partial charge in [-0.2, -0.15) is 9.97 Å². The first-order valence-corrected chi connectivity index (χ1v) is 5.51. The molecular formula is C12H15N5O. The summed E-state index contributed by atoms with van der Waals surface area (Å²) in [6.45, 7) is 2.66. The fourth-order valence-corrected chi connectivity index (χ4v) is 1.52. The normalized spacial score (nSPS) is 10.1. The van der Waals surface area contributed by atoms with Crippen molar-refractivity contribution in [1.29, 1.82) is 0 Å². The van der Waals surface area contributed by atoms with Crippen LogP contribution in [0.2, 0.25) is 0 Å². The Bertz CT molecular complexity index is 544. The monoisotopic (exact) mass is 245 g/mol. The summed E-state index contributed by atoms with van der Waals surface area (Å²) >= 11 is 0. The molecule has 18 heavy (non-hydrogen) atoms. The molecule has 6 heteroatoms. The number of ether oxygens (including phenoxy) is 1. The summed E-state index contributed by atoms with van der Waals surface area (Å²) in [6.07, 6.45) is 3.59. The van der Waals surface area contributed by atoms with E-state index in [0.717, 1.165) is 11.1 Å². The topological polar surface area (TPSA) is 86.0 Å². The average Bonchev–Trinajstić information content (AvgIpc) is 2.37. The second-order valence-electron chi connectivity index (χ2n) is 3.81. The van der Waals surface area contributed by atoms with E-state index >= 15 is 0 Å². The smallest absolute Gasteiger partial charge is 0.225 e. The van der Waals surface area contributed by atoms with E-state index in [-0.39, 0.29) is 5.95 Å². The number of rotatable bonds is 4. The highest BCUT2D eigenvalue weighted by Crippen LogP contribution is 2.15. The van der Waals surface area contributed by atoms with Gasteiger partial charge in [-0.1, -0.05) is 0 Å². The summed E-state index contributed by atoms with van der Waals surface area (Å²) in [5.74, 6) is 1.26. The van der Waals surface area contributed by atoms with Crippen molar-refractivity contribution in [2.75, 3.05) is 18.2 Å². The van der Waals surface area contributed by atoms with E-state index in [1.165, 1.54) is 0 Å².